The molecule has 30 heavy (non-hydrogen) atoms. The Kier molecular flexibility index (Phi) is 5.31. The van der Waals surface area contributed by atoms with Crippen LogP contribution in [0.25, 0.3) is 0 Å². The van der Waals surface area contributed by atoms with Gasteiger partial charge < -0.3 is 15.4 Å². The molecule has 2 unspecified atom stereocenters. The summed E-state index contributed by atoms with van der Waals surface area (Å²) in [5, 5.41) is 8.55. The number of rotatable bonds is 3. The summed E-state index contributed by atoms with van der Waals surface area (Å²) >= 11 is 1.58. The molecule has 1 aromatic carbocycles. The van der Waals surface area contributed by atoms with Crippen LogP contribution in [0, 0.1) is 0 Å². The maximum absolute atomic E-state index is 13.6. The van der Waals surface area contributed by atoms with Gasteiger partial charge in [-0.1, -0.05) is 18.2 Å². The lowest BCUT2D eigenvalue weighted by atomic mass is 9.88. The molecule has 2 N–H and O–H groups in total. The van der Waals surface area contributed by atoms with Crippen molar-refractivity contribution in [3.63, 3.8) is 0 Å². The first-order chi connectivity index (χ1) is 14.7. The summed E-state index contributed by atoms with van der Waals surface area (Å²) in [5.41, 5.74) is 3.28. The molecule has 156 valence electrons. The number of benzene rings is 1. The second-order valence-corrected chi connectivity index (χ2v) is 8.90. The van der Waals surface area contributed by atoms with Gasteiger partial charge in [-0.05, 0) is 49.3 Å². The van der Waals surface area contributed by atoms with Crippen LogP contribution in [0.5, 0.6) is 0 Å². The summed E-state index contributed by atoms with van der Waals surface area (Å²) in [6, 6.07) is 11.1. The number of para-hydroxylation sites is 2. The van der Waals surface area contributed by atoms with E-state index in [-0.39, 0.29) is 17.9 Å². The maximum Gasteiger partial charge on any atom is 0.322 e. The van der Waals surface area contributed by atoms with Crippen molar-refractivity contribution in [3.8, 4) is 0 Å². The fourth-order valence-electron chi connectivity index (χ4n) is 4.57. The molecule has 7 heteroatoms. The molecule has 2 aliphatic heterocycles. The predicted octanol–water partition coefficient (Wildman–Crippen LogP) is 4.62. The standard InChI is InChI=1S/C23H25N3O3S/c27-19-10-3-8-17-21(19)22(20-11-5-13-30-20)26(18-9-2-1-7-16(18)25-17)23(28)24-14-15-6-4-12-29-15/h1-2,5,7,9,11,13,15,22,25H,3-4,6,8,10,12,14H2,(H,24,28). The van der Waals surface area contributed by atoms with Gasteiger partial charge in [0.2, 0.25) is 0 Å². The number of allylic oxidation sites excluding steroid dienone is 1. The Hall–Kier alpha value is -2.64. The van der Waals surface area contributed by atoms with Gasteiger partial charge in [-0.15, -0.1) is 11.3 Å². The van der Waals surface area contributed by atoms with E-state index in [0.29, 0.717) is 18.5 Å². The number of urea groups is 1. The minimum absolute atomic E-state index is 0.0561. The molecule has 0 spiro atoms. The molecule has 3 heterocycles. The minimum Gasteiger partial charge on any atom is -0.376 e. The van der Waals surface area contributed by atoms with Gasteiger partial charge in [-0.3, -0.25) is 9.69 Å². The fourth-order valence-corrected chi connectivity index (χ4v) is 5.39. The third-order valence-corrected chi connectivity index (χ3v) is 6.90. The highest BCUT2D eigenvalue weighted by molar-refractivity contribution is 7.10. The minimum atomic E-state index is -0.437. The van der Waals surface area contributed by atoms with Gasteiger partial charge in [0.25, 0.3) is 0 Å². The van der Waals surface area contributed by atoms with Crippen molar-refractivity contribution in [2.45, 2.75) is 44.2 Å². The molecule has 2 amide bonds. The third kappa shape index (κ3) is 3.52. The Bertz CT molecular complexity index is 979. The van der Waals surface area contributed by atoms with E-state index in [2.05, 4.69) is 10.6 Å². The van der Waals surface area contributed by atoms with Crippen molar-refractivity contribution in [1.82, 2.24) is 5.32 Å². The Labute approximate surface area is 179 Å². The molecular formula is C23H25N3O3S. The number of anilines is 2. The fraction of sp³-hybridized carbons (Fsp3) is 0.391. The number of carbonyl (C=O) groups is 2. The zero-order valence-corrected chi connectivity index (χ0v) is 17.5. The van der Waals surface area contributed by atoms with Crippen LogP contribution in [0.2, 0.25) is 0 Å². The third-order valence-electron chi connectivity index (χ3n) is 5.97. The van der Waals surface area contributed by atoms with E-state index in [0.717, 1.165) is 54.2 Å². The monoisotopic (exact) mass is 423 g/mol. The lowest BCUT2D eigenvalue weighted by Gasteiger charge is -2.33. The first kappa shape index (κ1) is 19.3. The smallest absolute Gasteiger partial charge is 0.322 e. The van der Waals surface area contributed by atoms with E-state index >= 15 is 0 Å². The molecule has 1 saturated heterocycles. The first-order valence-electron chi connectivity index (χ1n) is 10.6. The van der Waals surface area contributed by atoms with Gasteiger partial charge in [-0.2, -0.15) is 0 Å². The van der Waals surface area contributed by atoms with Crippen molar-refractivity contribution in [2.75, 3.05) is 23.4 Å². The Balaban J connectivity index is 1.59. The van der Waals surface area contributed by atoms with Crippen molar-refractivity contribution < 1.29 is 14.3 Å². The van der Waals surface area contributed by atoms with Crippen LogP contribution in [-0.4, -0.2) is 31.1 Å². The quantitative estimate of drug-likeness (QED) is 0.756. The Morgan fingerprint density at radius 2 is 2.10 bits per heavy atom. The zero-order valence-electron chi connectivity index (χ0n) is 16.7. The van der Waals surface area contributed by atoms with Crippen LogP contribution in [0.1, 0.15) is 43.0 Å². The lowest BCUT2D eigenvalue weighted by molar-refractivity contribution is -0.116. The number of Topliss-reactive ketones (excluding diaryl/α,β-unsaturated/α-hetero) is 1. The van der Waals surface area contributed by atoms with Gasteiger partial charge >= 0.3 is 6.03 Å². The Morgan fingerprint density at radius 3 is 2.90 bits per heavy atom. The topological polar surface area (TPSA) is 70.7 Å². The van der Waals surface area contributed by atoms with Gasteiger partial charge in [0, 0.05) is 35.7 Å². The lowest BCUT2D eigenvalue weighted by Crippen LogP contribution is -2.46. The first-order valence-corrected chi connectivity index (χ1v) is 11.4. The molecule has 3 aliphatic rings. The number of ether oxygens (including phenoxy) is 1. The summed E-state index contributed by atoms with van der Waals surface area (Å²) in [5.74, 6) is 0.117. The largest absolute Gasteiger partial charge is 0.376 e. The molecular weight excluding hydrogens is 398 g/mol. The van der Waals surface area contributed by atoms with E-state index in [1.165, 1.54) is 0 Å². The van der Waals surface area contributed by atoms with Gasteiger partial charge in [0.05, 0.1) is 17.5 Å². The second kappa shape index (κ2) is 8.24. The summed E-state index contributed by atoms with van der Waals surface area (Å²) in [6.45, 7) is 1.22. The highest BCUT2D eigenvalue weighted by atomic mass is 32.1. The molecule has 0 radical (unpaired) electrons. The second-order valence-electron chi connectivity index (χ2n) is 7.92. The van der Waals surface area contributed by atoms with Crippen LogP contribution in [0.3, 0.4) is 0 Å². The van der Waals surface area contributed by atoms with Crippen molar-refractivity contribution in [2.24, 2.45) is 0 Å². The summed E-state index contributed by atoms with van der Waals surface area (Å²) in [7, 11) is 0. The average molecular weight is 424 g/mol. The number of nitrogens with one attached hydrogen (secondary N) is 2. The molecule has 6 nitrogen and oxygen atoms in total. The molecule has 0 bridgehead atoms. The number of hydrogen-bond acceptors (Lipinski definition) is 5. The van der Waals surface area contributed by atoms with Crippen LogP contribution >= 0.6 is 11.3 Å². The average Bonchev–Trinajstić information content (AvgIpc) is 3.44. The molecule has 1 aliphatic carbocycles. The molecule has 0 saturated carbocycles. The van der Waals surface area contributed by atoms with Crippen LogP contribution < -0.4 is 15.5 Å². The number of fused-ring (bicyclic) bond motifs is 1. The summed E-state index contributed by atoms with van der Waals surface area (Å²) < 4.78 is 5.68. The van der Waals surface area contributed by atoms with E-state index in [1.54, 1.807) is 16.2 Å². The Morgan fingerprint density at radius 1 is 1.20 bits per heavy atom. The zero-order chi connectivity index (χ0) is 20.5. The van der Waals surface area contributed by atoms with Crippen molar-refractivity contribution >= 4 is 34.5 Å². The van der Waals surface area contributed by atoms with Crippen LogP contribution in [0.15, 0.2) is 53.0 Å². The van der Waals surface area contributed by atoms with E-state index in [4.69, 9.17) is 4.74 Å². The molecule has 5 rings (SSSR count). The van der Waals surface area contributed by atoms with Crippen molar-refractivity contribution in [3.05, 3.63) is 57.9 Å². The SMILES string of the molecule is O=C1CCCC2=C1C(c1cccs1)N(C(=O)NCC1CCCO1)c1ccccc1N2. The highest BCUT2D eigenvalue weighted by Gasteiger charge is 2.40. The number of ketones is 1. The number of nitrogens with zero attached hydrogens (tertiary/aromatic N) is 1. The molecule has 2 aromatic rings. The van der Waals surface area contributed by atoms with E-state index in [9.17, 15) is 9.59 Å². The maximum atomic E-state index is 13.6. The normalized spacial score (nSPS) is 23.5. The predicted molar refractivity (Wildman–Crippen MR) is 118 cm³/mol. The molecule has 1 fully saturated rings. The summed E-state index contributed by atoms with van der Waals surface area (Å²) in [6.07, 6.45) is 4.20. The van der Waals surface area contributed by atoms with Gasteiger partial charge in [0.15, 0.2) is 5.78 Å². The molecule has 1 aromatic heterocycles. The number of thiophene rings is 1. The number of carbonyl (C=O) groups excluding carboxylic acids is 2. The van der Waals surface area contributed by atoms with E-state index in [1.807, 2.05) is 41.8 Å². The number of amides is 2. The van der Waals surface area contributed by atoms with Crippen LogP contribution in [-0.2, 0) is 9.53 Å². The summed E-state index contributed by atoms with van der Waals surface area (Å²) in [4.78, 5) is 29.4. The number of hydrogen-bond donors (Lipinski definition) is 2. The highest BCUT2D eigenvalue weighted by Crippen LogP contribution is 2.45. The molecule has 2 atom stereocenters. The van der Waals surface area contributed by atoms with Crippen LogP contribution in [0.4, 0.5) is 16.2 Å². The van der Waals surface area contributed by atoms with E-state index < -0.39 is 6.04 Å². The van der Waals surface area contributed by atoms with Gasteiger partial charge in [0.1, 0.15) is 6.04 Å². The van der Waals surface area contributed by atoms with Gasteiger partial charge in [-0.25, -0.2) is 4.79 Å². The van der Waals surface area contributed by atoms with Crippen molar-refractivity contribution in [1.29, 1.82) is 0 Å².